The van der Waals surface area contributed by atoms with Crippen molar-refractivity contribution in [2.24, 2.45) is 5.92 Å². The summed E-state index contributed by atoms with van der Waals surface area (Å²) in [7, 11) is 0. The summed E-state index contributed by atoms with van der Waals surface area (Å²) in [6.07, 6.45) is 4.05. The van der Waals surface area contributed by atoms with Gasteiger partial charge >= 0.3 is 5.97 Å². The molecule has 1 aliphatic carbocycles. The van der Waals surface area contributed by atoms with Crippen molar-refractivity contribution in [3.8, 4) is 22.6 Å². The van der Waals surface area contributed by atoms with Gasteiger partial charge in [0.15, 0.2) is 34.8 Å². The molecule has 0 heterocycles. The summed E-state index contributed by atoms with van der Waals surface area (Å²) in [6.45, 7) is 3.67. The van der Waals surface area contributed by atoms with E-state index in [1.807, 2.05) is 6.92 Å². The van der Waals surface area contributed by atoms with E-state index in [2.05, 4.69) is 0 Å². The zero-order chi connectivity index (χ0) is 27.4. The predicted molar refractivity (Wildman–Crippen MR) is 134 cm³/mol. The van der Waals surface area contributed by atoms with Crippen LogP contribution in [0.5, 0.6) is 11.5 Å². The molecule has 3 aromatic carbocycles. The van der Waals surface area contributed by atoms with Crippen molar-refractivity contribution in [3.05, 3.63) is 88.8 Å². The topological polar surface area (TPSA) is 35.5 Å². The van der Waals surface area contributed by atoms with Gasteiger partial charge in [0.1, 0.15) is 0 Å². The molecule has 38 heavy (non-hydrogen) atoms. The SMILES string of the molecule is CCCCOc1ccc(-c2ccc(OC(=O)C3CC=C(c4ccc(C)c(F)c4F)CC3)c(F)c2)c(F)c1F. The minimum absolute atomic E-state index is 0.0661. The highest BCUT2D eigenvalue weighted by molar-refractivity contribution is 5.78. The van der Waals surface area contributed by atoms with Gasteiger partial charge in [-0.3, -0.25) is 4.79 Å². The van der Waals surface area contributed by atoms with Crippen LogP contribution in [0.15, 0.2) is 48.5 Å². The third-order valence-electron chi connectivity index (χ3n) is 6.62. The quantitative estimate of drug-likeness (QED) is 0.127. The Morgan fingerprint density at radius 1 is 0.895 bits per heavy atom. The molecule has 0 saturated carbocycles. The highest BCUT2D eigenvalue weighted by Gasteiger charge is 2.26. The summed E-state index contributed by atoms with van der Waals surface area (Å²) in [6, 6.07) is 9.07. The molecule has 0 fully saturated rings. The number of carbonyl (C=O) groups is 1. The number of allylic oxidation sites excluding steroid dienone is 2. The summed E-state index contributed by atoms with van der Waals surface area (Å²) < 4.78 is 82.6. The van der Waals surface area contributed by atoms with Crippen LogP contribution in [-0.4, -0.2) is 12.6 Å². The standard InChI is InChI=1S/C30H27F5O3/c1-3-4-15-37-25-14-12-22(28(34)29(25)35)20-10-13-24(23(31)16-20)38-30(36)19-8-6-18(7-9-19)21-11-5-17(2)26(32)27(21)33/h5-6,10-14,16,19H,3-4,7-9,15H2,1-2H3. The molecule has 1 unspecified atom stereocenters. The van der Waals surface area contributed by atoms with Crippen molar-refractivity contribution in [1.29, 1.82) is 0 Å². The van der Waals surface area contributed by atoms with Crippen LogP contribution >= 0.6 is 0 Å². The monoisotopic (exact) mass is 530 g/mol. The first-order valence-electron chi connectivity index (χ1n) is 12.5. The van der Waals surface area contributed by atoms with Crippen molar-refractivity contribution in [3.63, 3.8) is 0 Å². The van der Waals surface area contributed by atoms with Gasteiger partial charge in [-0.1, -0.05) is 37.6 Å². The Morgan fingerprint density at radius 2 is 1.61 bits per heavy atom. The second kappa shape index (κ2) is 11.8. The first kappa shape index (κ1) is 27.4. The van der Waals surface area contributed by atoms with Crippen LogP contribution in [0.1, 0.15) is 50.2 Å². The number of hydrogen-bond donors (Lipinski definition) is 0. The lowest BCUT2D eigenvalue weighted by molar-refractivity contribution is -0.139. The van der Waals surface area contributed by atoms with Crippen LogP contribution in [-0.2, 0) is 4.79 Å². The van der Waals surface area contributed by atoms with Gasteiger partial charge in [0.25, 0.3) is 0 Å². The highest BCUT2D eigenvalue weighted by Crippen LogP contribution is 2.35. The van der Waals surface area contributed by atoms with Gasteiger partial charge < -0.3 is 9.47 Å². The van der Waals surface area contributed by atoms with Crippen LogP contribution in [0.3, 0.4) is 0 Å². The summed E-state index contributed by atoms with van der Waals surface area (Å²) in [4.78, 5) is 12.7. The molecule has 0 bridgehead atoms. The van der Waals surface area contributed by atoms with Crippen LogP contribution < -0.4 is 9.47 Å². The third-order valence-corrected chi connectivity index (χ3v) is 6.62. The Balaban J connectivity index is 1.44. The van der Waals surface area contributed by atoms with E-state index in [-0.39, 0.29) is 46.8 Å². The zero-order valence-corrected chi connectivity index (χ0v) is 21.1. The smallest absolute Gasteiger partial charge is 0.314 e. The molecule has 3 aromatic rings. The Kier molecular flexibility index (Phi) is 8.49. The number of rotatable bonds is 8. The Labute approximate surface area is 217 Å². The number of aryl methyl sites for hydroxylation is 1. The minimum Gasteiger partial charge on any atom is -0.490 e. The molecule has 8 heteroatoms. The maximum Gasteiger partial charge on any atom is 0.314 e. The highest BCUT2D eigenvalue weighted by atomic mass is 19.2. The lowest BCUT2D eigenvalue weighted by atomic mass is 9.86. The first-order valence-corrected chi connectivity index (χ1v) is 12.5. The van der Waals surface area contributed by atoms with Crippen molar-refractivity contribution < 1.29 is 36.2 Å². The second-order valence-corrected chi connectivity index (χ2v) is 9.27. The van der Waals surface area contributed by atoms with Crippen LogP contribution in [0.4, 0.5) is 22.0 Å². The molecular weight excluding hydrogens is 503 g/mol. The average molecular weight is 531 g/mol. The van der Waals surface area contributed by atoms with E-state index < -0.39 is 41.0 Å². The van der Waals surface area contributed by atoms with E-state index >= 15 is 0 Å². The van der Waals surface area contributed by atoms with Crippen LogP contribution in [0.2, 0.25) is 0 Å². The lowest BCUT2D eigenvalue weighted by Gasteiger charge is -2.21. The van der Waals surface area contributed by atoms with Crippen LogP contribution in [0, 0.1) is 41.9 Å². The van der Waals surface area contributed by atoms with Gasteiger partial charge in [0.2, 0.25) is 5.82 Å². The zero-order valence-electron chi connectivity index (χ0n) is 21.1. The molecule has 0 radical (unpaired) electrons. The number of ether oxygens (including phenoxy) is 2. The molecule has 0 amide bonds. The van der Waals surface area contributed by atoms with Gasteiger partial charge in [0.05, 0.1) is 12.5 Å². The molecule has 3 nitrogen and oxygen atoms in total. The van der Waals surface area contributed by atoms with E-state index in [0.29, 0.717) is 24.8 Å². The number of halogens is 5. The summed E-state index contributed by atoms with van der Waals surface area (Å²) in [5.41, 5.74) is 0.865. The van der Waals surface area contributed by atoms with Gasteiger partial charge in [-0.2, -0.15) is 4.39 Å². The normalized spacial score (nSPS) is 15.2. The number of benzene rings is 3. The fourth-order valence-electron chi connectivity index (χ4n) is 4.32. The second-order valence-electron chi connectivity index (χ2n) is 9.27. The fraction of sp³-hybridized carbons (Fsp3) is 0.300. The molecule has 0 aliphatic heterocycles. The molecule has 4 rings (SSSR count). The largest absolute Gasteiger partial charge is 0.490 e. The average Bonchev–Trinajstić information content (AvgIpc) is 2.91. The number of esters is 1. The number of unbranched alkanes of at least 4 members (excludes halogenated alkanes) is 1. The Morgan fingerprint density at radius 3 is 2.29 bits per heavy atom. The first-order chi connectivity index (χ1) is 18.2. The van der Waals surface area contributed by atoms with Crippen molar-refractivity contribution in [2.75, 3.05) is 6.61 Å². The molecule has 0 saturated heterocycles. The molecule has 0 spiro atoms. The van der Waals surface area contributed by atoms with Gasteiger partial charge in [-0.15, -0.1) is 0 Å². The fourth-order valence-corrected chi connectivity index (χ4v) is 4.32. The maximum absolute atomic E-state index is 14.8. The summed E-state index contributed by atoms with van der Waals surface area (Å²) in [5.74, 6) is -6.90. The minimum atomic E-state index is -1.17. The molecular formula is C30H27F5O3. The van der Waals surface area contributed by atoms with Gasteiger partial charge in [-0.25, -0.2) is 17.6 Å². The van der Waals surface area contributed by atoms with Crippen molar-refractivity contribution >= 4 is 11.5 Å². The number of carbonyl (C=O) groups excluding carboxylic acids is 1. The summed E-state index contributed by atoms with van der Waals surface area (Å²) in [5, 5.41) is 0. The van der Waals surface area contributed by atoms with E-state index in [1.54, 1.807) is 6.08 Å². The van der Waals surface area contributed by atoms with Gasteiger partial charge in [0, 0.05) is 11.1 Å². The Bertz CT molecular complexity index is 1380. The molecule has 200 valence electrons. The molecule has 1 atom stereocenters. The van der Waals surface area contributed by atoms with E-state index in [9.17, 15) is 26.7 Å². The van der Waals surface area contributed by atoms with Crippen molar-refractivity contribution in [2.45, 2.75) is 46.0 Å². The number of hydrogen-bond acceptors (Lipinski definition) is 3. The third kappa shape index (κ3) is 5.74. The van der Waals surface area contributed by atoms with Crippen molar-refractivity contribution in [1.82, 2.24) is 0 Å². The maximum atomic E-state index is 14.8. The summed E-state index contributed by atoms with van der Waals surface area (Å²) >= 11 is 0. The Hall–Kier alpha value is -3.68. The van der Waals surface area contributed by atoms with Crippen LogP contribution in [0.25, 0.3) is 16.7 Å². The molecule has 0 N–H and O–H groups in total. The van der Waals surface area contributed by atoms with E-state index in [0.717, 1.165) is 12.5 Å². The van der Waals surface area contributed by atoms with Gasteiger partial charge in [-0.05, 0) is 73.6 Å². The molecule has 1 aliphatic rings. The van der Waals surface area contributed by atoms with E-state index in [1.165, 1.54) is 43.3 Å². The predicted octanol–water partition coefficient (Wildman–Crippen LogP) is 8.33. The molecule has 0 aromatic heterocycles. The van der Waals surface area contributed by atoms with E-state index in [4.69, 9.17) is 9.47 Å². The lowest BCUT2D eigenvalue weighted by Crippen LogP contribution is -2.22.